The fourth-order valence-electron chi connectivity index (χ4n) is 1.98. The maximum absolute atomic E-state index is 11.4. The topological polar surface area (TPSA) is 76.0 Å². The van der Waals surface area contributed by atoms with E-state index < -0.39 is 5.97 Å². The van der Waals surface area contributed by atoms with E-state index in [0.29, 0.717) is 6.42 Å². The summed E-state index contributed by atoms with van der Waals surface area (Å²) in [5.74, 6) is -0.528. The molecule has 2 aromatic rings. The standard InChI is InChI=1S/C16H14O3.C5H12O2/c17-16(12-11-14-7-3-1-4-8-14)19-18-13-15-9-5-2-6-10-15;1-4(6)3-5(2)7/h1-12H,13H2;4-7H,3H2,1-2H3/t;4-,5+. The molecule has 0 aliphatic rings. The number of hydrogen-bond acceptors (Lipinski definition) is 5. The van der Waals surface area contributed by atoms with Crippen LogP contribution in [0.25, 0.3) is 6.08 Å². The normalized spacial score (nSPS) is 12.8. The van der Waals surface area contributed by atoms with Gasteiger partial charge in [-0.2, -0.15) is 4.89 Å². The van der Waals surface area contributed by atoms with E-state index in [9.17, 15) is 4.79 Å². The van der Waals surface area contributed by atoms with Crippen LogP contribution in [0, 0.1) is 0 Å². The van der Waals surface area contributed by atoms with Gasteiger partial charge in [0, 0.05) is 6.08 Å². The molecule has 2 rings (SSSR count). The minimum atomic E-state index is -0.528. The van der Waals surface area contributed by atoms with Gasteiger partial charge in [0.25, 0.3) is 0 Å². The van der Waals surface area contributed by atoms with Crippen molar-refractivity contribution in [2.24, 2.45) is 0 Å². The van der Waals surface area contributed by atoms with Crippen LogP contribution < -0.4 is 0 Å². The molecule has 5 heteroatoms. The zero-order chi connectivity index (χ0) is 19.2. The second-order valence-corrected chi connectivity index (χ2v) is 5.83. The van der Waals surface area contributed by atoms with Crippen LogP contribution >= 0.6 is 0 Å². The second-order valence-electron chi connectivity index (χ2n) is 5.83. The summed E-state index contributed by atoms with van der Waals surface area (Å²) in [6.07, 6.45) is 2.73. The zero-order valence-corrected chi connectivity index (χ0v) is 15.1. The van der Waals surface area contributed by atoms with E-state index in [1.807, 2.05) is 60.7 Å². The van der Waals surface area contributed by atoms with E-state index in [1.165, 1.54) is 6.08 Å². The second kappa shape index (κ2) is 12.8. The highest BCUT2D eigenvalue weighted by molar-refractivity contribution is 5.86. The molecule has 5 nitrogen and oxygen atoms in total. The SMILES string of the molecule is C[C@H](O)C[C@@H](C)O.O=C(C=Cc1ccccc1)OOCc1ccccc1. The van der Waals surface area contributed by atoms with Crippen molar-refractivity contribution in [3.05, 3.63) is 77.9 Å². The van der Waals surface area contributed by atoms with E-state index >= 15 is 0 Å². The van der Waals surface area contributed by atoms with Crippen molar-refractivity contribution >= 4 is 12.0 Å². The zero-order valence-electron chi connectivity index (χ0n) is 15.1. The molecule has 0 saturated heterocycles. The summed E-state index contributed by atoms with van der Waals surface area (Å²) in [4.78, 5) is 20.9. The molecule has 0 saturated carbocycles. The summed E-state index contributed by atoms with van der Waals surface area (Å²) in [6, 6.07) is 19.0. The Morgan fingerprint density at radius 2 is 1.50 bits per heavy atom. The summed E-state index contributed by atoms with van der Waals surface area (Å²) >= 11 is 0. The molecule has 2 aromatic carbocycles. The van der Waals surface area contributed by atoms with Gasteiger partial charge in [-0.3, -0.25) is 4.89 Å². The fraction of sp³-hybridized carbons (Fsp3) is 0.286. The van der Waals surface area contributed by atoms with Gasteiger partial charge in [-0.25, -0.2) is 4.79 Å². The number of carbonyl (C=O) groups excluding carboxylic acids is 1. The highest BCUT2D eigenvalue weighted by Crippen LogP contribution is 2.03. The van der Waals surface area contributed by atoms with Gasteiger partial charge in [0.1, 0.15) is 6.61 Å². The molecule has 0 bridgehead atoms. The van der Waals surface area contributed by atoms with Gasteiger partial charge < -0.3 is 10.2 Å². The minimum Gasteiger partial charge on any atom is -0.393 e. The van der Waals surface area contributed by atoms with Crippen molar-refractivity contribution in [3.63, 3.8) is 0 Å². The van der Waals surface area contributed by atoms with Crippen LogP contribution in [-0.4, -0.2) is 28.4 Å². The highest BCUT2D eigenvalue weighted by atomic mass is 17.2. The predicted octanol–water partition coefficient (Wildman–Crippen LogP) is 3.51. The third-order valence-corrected chi connectivity index (χ3v) is 3.10. The van der Waals surface area contributed by atoms with Crippen molar-refractivity contribution in [2.75, 3.05) is 0 Å². The van der Waals surface area contributed by atoms with Gasteiger partial charge >= 0.3 is 5.97 Å². The Bertz CT molecular complexity index is 630. The maximum Gasteiger partial charge on any atom is 0.365 e. The Morgan fingerprint density at radius 3 is 2.00 bits per heavy atom. The number of carbonyl (C=O) groups is 1. The summed E-state index contributed by atoms with van der Waals surface area (Å²) in [7, 11) is 0. The van der Waals surface area contributed by atoms with Crippen molar-refractivity contribution in [2.45, 2.75) is 39.1 Å². The smallest absolute Gasteiger partial charge is 0.365 e. The van der Waals surface area contributed by atoms with Crippen LogP contribution in [0.3, 0.4) is 0 Å². The van der Waals surface area contributed by atoms with Crippen molar-refractivity contribution in [1.82, 2.24) is 0 Å². The van der Waals surface area contributed by atoms with Gasteiger partial charge in [0.2, 0.25) is 0 Å². The number of aliphatic hydroxyl groups excluding tert-OH is 2. The number of hydrogen-bond donors (Lipinski definition) is 2. The van der Waals surface area contributed by atoms with Gasteiger partial charge in [0.15, 0.2) is 0 Å². The predicted molar refractivity (Wildman–Crippen MR) is 101 cm³/mol. The molecule has 2 N–H and O–H groups in total. The number of aliphatic hydroxyl groups is 2. The van der Waals surface area contributed by atoms with E-state index in [4.69, 9.17) is 15.1 Å². The largest absolute Gasteiger partial charge is 0.393 e. The Kier molecular flexibility index (Phi) is 10.6. The van der Waals surface area contributed by atoms with E-state index in [-0.39, 0.29) is 18.8 Å². The molecule has 0 spiro atoms. The van der Waals surface area contributed by atoms with Gasteiger partial charge in [-0.1, -0.05) is 60.7 Å². The molecule has 0 aliphatic heterocycles. The fourth-order valence-corrected chi connectivity index (χ4v) is 1.98. The van der Waals surface area contributed by atoms with Crippen molar-refractivity contribution in [3.8, 4) is 0 Å². The molecule has 0 unspecified atom stereocenters. The van der Waals surface area contributed by atoms with E-state index in [1.54, 1.807) is 19.9 Å². The summed E-state index contributed by atoms with van der Waals surface area (Å²) in [5, 5.41) is 17.1. The monoisotopic (exact) mass is 358 g/mol. The van der Waals surface area contributed by atoms with Crippen LogP contribution in [0.1, 0.15) is 31.4 Å². The van der Waals surface area contributed by atoms with Gasteiger partial charge in [-0.15, -0.1) is 0 Å². The Hall–Kier alpha value is -2.47. The van der Waals surface area contributed by atoms with Crippen LogP contribution in [0.4, 0.5) is 0 Å². The summed E-state index contributed by atoms with van der Waals surface area (Å²) in [6.45, 7) is 3.56. The van der Waals surface area contributed by atoms with Crippen LogP contribution in [0.2, 0.25) is 0 Å². The maximum atomic E-state index is 11.4. The molecule has 0 fully saturated rings. The van der Waals surface area contributed by atoms with Crippen molar-refractivity contribution < 1.29 is 24.8 Å². The lowest BCUT2D eigenvalue weighted by Crippen LogP contribution is -2.10. The lowest BCUT2D eigenvalue weighted by atomic mass is 10.2. The molecule has 0 heterocycles. The molecule has 0 aromatic heterocycles. The molecule has 0 radical (unpaired) electrons. The van der Waals surface area contributed by atoms with Crippen molar-refractivity contribution in [1.29, 1.82) is 0 Å². The Balaban J connectivity index is 0.000000412. The number of rotatable bonds is 7. The first-order chi connectivity index (χ1) is 12.5. The molecule has 26 heavy (non-hydrogen) atoms. The highest BCUT2D eigenvalue weighted by Gasteiger charge is 1.99. The van der Waals surface area contributed by atoms with Gasteiger partial charge in [0.05, 0.1) is 12.2 Å². The third-order valence-electron chi connectivity index (χ3n) is 3.10. The quantitative estimate of drug-likeness (QED) is 0.450. The first-order valence-corrected chi connectivity index (χ1v) is 8.44. The Labute approximate surface area is 154 Å². The van der Waals surface area contributed by atoms with E-state index in [2.05, 4.69) is 4.89 Å². The average Bonchev–Trinajstić information content (AvgIpc) is 2.61. The minimum absolute atomic E-state index is 0.242. The molecule has 0 aliphatic carbocycles. The van der Waals surface area contributed by atoms with Crippen LogP contribution in [0.15, 0.2) is 66.7 Å². The Morgan fingerprint density at radius 1 is 0.962 bits per heavy atom. The lowest BCUT2D eigenvalue weighted by Gasteiger charge is -2.04. The number of benzene rings is 2. The van der Waals surface area contributed by atoms with Crippen LogP contribution in [0.5, 0.6) is 0 Å². The molecular weight excluding hydrogens is 332 g/mol. The third kappa shape index (κ3) is 11.1. The first-order valence-electron chi connectivity index (χ1n) is 8.44. The first kappa shape index (κ1) is 21.6. The molecule has 140 valence electrons. The van der Waals surface area contributed by atoms with E-state index in [0.717, 1.165) is 11.1 Å². The van der Waals surface area contributed by atoms with Crippen LogP contribution in [-0.2, 0) is 21.2 Å². The average molecular weight is 358 g/mol. The summed E-state index contributed by atoms with van der Waals surface area (Å²) in [5.41, 5.74) is 1.88. The molecule has 0 amide bonds. The molecule has 2 atom stereocenters. The lowest BCUT2D eigenvalue weighted by molar-refractivity contribution is -0.275. The molecular formula is C21H26O5. The summed E-state index contributed by atoms with van der Waals surface area (Å²) < 4.78 is 0. The van der Waals surface area contributed by atoms with Gasteiger partial charge in [-0.05, 0) is 37.5 Å².